The molecule has 3 rings (SSSR count). The van der Waals surface area contributed by atoms with Gasteiger partial charge in [0, 0.05) is 38.9 Å². The van der Waals surface area contributed by atoms with Crippen LogP contribution in [0.25, 0.3) is 10.9 Å². The zero-order chi connectivity index (χ0) is 21.9. The van der Waals surface area contributed by atoms with Crippen molar-refractivity contribution in [1.29, 1.82) is 0 Å². The number of nitrogens with zero attached hydrogens (tertiary/aromatic N) is 3. The predicted octanol–water partition coefficient (Wildman–Crippen LogP) is 4.03. The van der Waals surface area contributed by atoms with Crippen molar-refractivity contribution in [3.05, 3.63) is 59.0 Å². The third-order valence-electron chi connectivity index (χ3n) is 4.92. The van der Waals surface area contributed by atoms with Crippen molar-refractivity contribution < 1.29 is 19.7 Å². The van der Waals surface area contributed by atoms with E-state index in [4.69, 9.17) is 9.84 Å². The summed E-state index contributed by atoms with van der Waals surface area (Å²) in [5.41, 5.74) is 3.32. The average molecular weight is 428 g/mol. The number of aromatic carboxylic acids is 1. The molecular weight excluding hydrogens is 398 g/mol. The molecule has 2 N–H and O–H groups in total. The van der Waals surface area contributed by atoms with E-state index < -0.39 is 20.1 Å². The minimum atomic E-state index is -1.11. The van der Waals surface area contributed by atoms with Crippen LogP contribution in [0.4, 0.5) is 0 Å². The molecule has 1 atom stereocenters. The number of benzene rings is 1. The molecule has 0 aliphatic heterocycles. The molecule has 0 saturated heterocycles. The third kappa shape index (κ3) is 5.75. The molecule has 2 aromatic heterocycles. The molecule has 160 valence electrons. The fraction of sp³-hybridized carbons (Fsp3) is 0.409. The van der Waals surface area contributed by atoms with Gasteiger partial charge in [0.05, 0.1) is 22.9 Å². The van der Waals surface area contributed by atoms with Crippen LogP contribution in [0.15, 0.2) is 36.7 Å². The van der Waals surface area contributed by atoms with Crippen molar-refractivity contribution in [1.82, 2.24) is 14.8 Å². The van der Waals surface area contributed by atoms with Crippen molar-refractivity contribution in [2.75, 3.05) is 6.61 Å². The first-order valence-electron chi connectivity index (χ1n) is 10.0. The van der Waals surface area contributed by atoms with Crippen LogP contribution in [0.5, 0.6) is 0 Å². The Bertz CT molecular complexity index is 1040. The molecule has 0 radical (unpaired) electrons. The fourth-order valence-electron chi connectivity index (χ4n) is 3.25. The number of fused-ring (bicyclic) bond motifs is 1. The highest BCUT2D eigenvalue weighted by Gasteiger charge is 2.15. The number of carboxylic acids is 1. The molecule has 1 unspecified atom stereocenters. The minimum Gasteiger partial charge on any atom is -0.478 e. The van der Waals surface area contributed by atoms with Gasteiger partial charge in [-0.05, 0) is 42.3 Å². The van der Waals surface area contributed by atoms with Gasteiger partial charge in [0.1, 0.15) is 6.73 Å². The highest BCUT2D eigenvalue weighted by molar-refractivity contribution is 6.76. The van der Waals surface area contributed by atoms with Gasteiger partial charge >= 0.3 is 5.97 Å². The Morgan fingerprint density at radius 2 is 2.03 bits per heavy atom. The highest BCUT2D eigenvalue weighted by atomic mass is 28.3. The van der Waals surface area contributed by atoms with Gasteiger partial charge in [-0.1, -0.05) is 25.7 Å². The van der Waals surface area contributed by atoms with Gasteiger partial charge < -0.3 is 14.9 Å². The van der Waals surface area contributed by atoms with Crippen LogP contribution in [0.2, 0.25) is 25.7 Å². The van der Waals surface area contributed by atoms with Gasteiger partial charge in [0.15, 0.2) is 0 Å². The average Bonchev–Trinajstić information content (AvgIpc) is 3.08. The van der Waals surface area contributed by atoms with Crippen LogP contribution >= 0.6 is 0 Å². The van der Waals surface area contributed by atoms with Gasteiger partial charge in [-0.25, -0.2) is 9.48 Å². The van der Waals surface area contributed by atoms with Crippen LogP contribution in [-0.2, 0) is 17.9 Å². The Morgan fingerprint density at radius 1 is 1.27 bits per heavy atom. The summed E-state index contributed by atoms with van der Waals surface area (Å²) in [6.45, 7) is 10.1. The topological polar surface area (TPSA) is 97.5 Å². The van der Waals surface area contributed by atoms with Crippen molar-refractivity contribution >= 4 is 24.9 Å². The van der Waals surface area contributed by atoms with E-state index in [9.17, 15) is 9.90 Å². The second-order valence-electron chi connectivity index (χ2n) is 8.86. The van der Waals surface area contributed by atoms with Crippen molar-refractivity contribution in [2.24, 2.45) is 0 Å². The second kappa shape index (κ2) is 9.07. The summed E-state index contributed by atoms with van der Waals surface area (Å²) in [6.07, 6.45) is 2.81. The van der Waals surface area contributed by atoms with E-state index in [0.717, 1.165) is 34.7 Å². The molecule has 0 fully saturated rings. The van der Waals surface area contributed by atoms with Gasteiger partial charge in [-0.15, -0.1) is 0 Å². The molecule has 8 heteroatoms. The quantitative estimate of drug-likeness (QED) is 0.395. The zero-order valence-electron chi connectivity index (χ0n) is 17.9. The first kappa shape index (κ1) is 22.1. The molecule has 2 heterocycles. The Labute approximate surface area is 177 Å². The summed E-state index contributed by atoms with van der Waals surface area (Å²) in [6, 6.07) is 7.93. The fourth-order valence-corrected chi connectivity index (χ4v) is 4.01. The molecule has 30 heavy (non-hydrogen) atoms. The second-order valence-corrected chi connectivity index (χ2v) is 14.5. The lowest BCUT2D eigenvalue weighted by atomic mass is 10.0. The van der Waals surface area contributed by atoms with Crippen LogP contribution in [0.3, 0.4) is 0 Å². The number of hydrogen-bond donors (Lipinski definition) is 2. The van der Waals surface area contributed by atoms with E-state index in [0.29, 0.717) is 18.8 Å². The number of rotatable bonds is 9. The molecule has 0 amide bonds. The summed E-state index contributed by atoms with van der Waals surface area (Å²) < 4.78 is 7.59. The molecule has 0 aliphatic rings. The van der Waals surface area contributed by atoms with E-state index in [1.54, 1.807) is 4.68 Å². The number of carbonyl (C=O) groups is 1. The standard InChI is InChI=1S/C22H29N3O4Si/c1-15-9-16(11-20(26)19-12-17(22(27)28)5-6-23-19)10-18-13-25(24-21(15)18)14-29-7-8-30(2,3)4/h5-6,9-10,12-13,20,26H,7-8,11,14H2,1-4H3,(H,27,28). The van der Waals surface area contributed by atoms with E-state index in [2.05, 4.69) is 29.7 Å². The normalized spacial score (nSPS) is 13.0. The summed E-state index contributed by atoms with van der Waals surface area (Å²) >= 11 is 0. The number of carboxylic acid groups (broad SMARTS) is 1. The number of aliphatic hydroxyl groups is 1. The van der Waals surface area contributed by atoms with E-state index in [1.807, 2.05) is 25.3 Å². The van der Waals surface area contributed by atoms with Gasteiger partial charge in [-0.3, -0.25) is 4.98 Å². The smallest absolute Gasteiger partial charge is 0.335 e. The molecule has 0 spiro atoms. The molecule has 1 aromatic carbocycles. The zero-order valence-corrected chi connectivity index (χ0v) is 18.9. The molecule has 0 aliphatic carbocycles. The monoisotopic (exact) mass is 427 g/mol. The number of aromatic nitrogens is 3. The minimum absolute atomic E-state index is 0.112. The maximum atomic E-state index is 11.1. The van der Waals surface area contributed by atoms with Crippen LogP contribution in [0.1, 0.15) is 33.3 Å². The Kier molecular flexibility index (Phi) is 6.70. The van der Waals surface area contributed by atoms with E-state index in [-0.39, 0.29) is 5.56 Å². The Morgan fingerprint density at radius 3 is 2.73 bits per heavy atom. The van der Waals surface area contributed by atoms with E-state index in [1.165, 1.54) is 18.3 Å². The number of hydrogen-bond acceptors (Lipinski definition) is 5. The number of ether oxygens (including phenoxy) is 1. The SMILES string of the molecule is Cc1cc(CC(O)c2cc(C(=O)O)ccn2)cc2cn(COCC[Si](C)(C)C)nc12. The summed E-state index contributed by atoms with van der Waals surface area (Å²) in [5.74, 6) is -1.04. The van der Waals surface area contributed by atoms with Crippen LogP contribution < -0.4 is 0 Å². The third-order valence-corrected chi connectivity index (χ3v) is 6.63. The van der Waals surface area contributed by atoms with Gasteiger partial charge in [0.2, 0.25) is 0 Å². The van der Waals surface area contributed by atoms with Gasteiger partial charge in [0.25, 0.3) is 0 Å². The maximum Gasteiger partial charge on any atom is 0.335 e. The first-order valence-corrected chi connectivity index (χ1v) is 13.7. The van der Waals surface area contributed by atoms with Crippen molar-refractivity contribution in [3.8, 4) is 0 Å². The van der Waals surface area contributed by atoms with Crippen molar-refractivity contribution in [3.63, 3.8) is 0 Å². The summed E-state index contributed by atoms with van der Waals surface area (Å²) in [7, 11) is -1.11. The van der Waals surface area contributed by atoms with E-state index >= 15 is 0 Å². The lowest BCUT2D eigenvalue weighted by molar-refractivity contribution is 0.0696. The molecule has 0 saturated carbocycles. The molecule has 0 bridgehead atoms. The summed E-state index contributed by atoms with van der Waals surface area (Å²) in [5, 5.41) is 25.3. The maximum absolute atomic E-state index is 11.1. The number of aliphatic hydroxyl groups excluding tert-OH is 1. The first-order chi connectivity index (χ1) is 14.1. The van der Waals surface area contributed by atoms with Crippen LogP contribution in [0, 0.1) is 6.92 Å². The summed E-state index contributed by atoms with van der Waals surface area (Å²) in [4.78, 5) is 15.3. The molecule has 7 nitrogen and oxygen atoms in total. The Balaban J connectivity index is 1.71. The lowest BCUT2D eigenvalue weighted by Gasteiger charge is -2.15. The highest BCUT2D eigenvalue weighted by Crippen LogP contribution is 2.24. The number of aryl methyl sites for hydroxylation is 1. The molecule has 3 aromatic rings. The van der Waals surface area contributed by atoms with Crippen molar-refractivity contribution in [2.45, 2.75) is 51.9 Å². The predicted molar refractivity (Wildman–Crippen MR) is 118 cm³/mol. The lowest BCUT2D eigenvalue weighted by Crippen LogP contribution is -2.22. The van der Waals surface area contributed by atoms with Gasteiger partial charge in [-0.2, -0.15) is 5.10 Å². The largest absolute Gasteiger partial charge is 0.478 e. The molecular formula is C22H29N3O4Si. The van der Waals surface area contributed by atoms with Crippen LogP contribution in [-0.4, -0.2) is 45.6 Å². The number of pyridine rings is 1. The Hall–Kier alpha value is -2.55.